The van der Waals surface area contributed by atoms with Gasteiger partial charge in [0, 0.05) is 41.7 Å². The Kier molecular flexibility index (Phi) is 7.65. The highest BCUT2D eigenvalue weighted by Gasteiger charge is 2.60. The number of likely N-dealkylation sites (tertiary alicyclic amines) is 1. The molecule has 1 unspecified atom stereocenters. The monoisotopic (exact) mass is 543 g/mol. The summed E-state index contributed by atoms with van der Waals surface area (Å²) in [5.74, 6) is -4.51. The van der Waals surface area contributed by atoms with Crippen molar-refractivity contribution in [3.05, 3.63) is 10.6 Å². The number of alkyl halides is 2. The van der Waals surface area contributed by atoms with Crippen LogP contribution >= 0.6 is 11.8 Å². The van der Waals surface area contributed by atoms with E-state index < -0.39 is 48.3 Å². The van der Waals surface area contributed by atoms with Crippen LogP contribution in [0, 0.1) is 11.8 Å². The predicted molar refractivity (Wildman–Crippen MR) is 130 cm³/mol. The number of nitrogens with two attached hydrogens (primary N) is 2. The number of amides is 3. The van der Waals surface area contributed by atoms with E-state index in [1.807, 2.05) is 0 Å². The van der Waals surface area contributed by atoms with Crippen LogP contribution < -0.4 is 22.1 Å². The van der Waals surface area contributed by atoms with E-state index in [4.69, 9.17) is 11.5 Å². The van der Waals surface area contributed by atoms with Gasteiger partial charge >= 0.3 is 12.4 Å². The minimum absolute atomic E-state index is 0.0147. The van der Waals surface area contributed by atoms with E-state index in [1.165, 1.54) is 23.6 Å². The van der Waals surface area contributed by atoms with Crippen molar-refractivity contribution in [2.75, 3.05) is 19.6 Å². The number of nitrogens with zero attached hydrogens (tertiary/aromatic N) is 3. The van der Waals surface area contributed by atoms with Gasteiger partial charge < -0.3 is 37.0 Å². The Labute approximate surface area is 216 Å². The van der Waals surface area contributed by atoms with Crippen molar-refractivity contribution in [1.82, 2.24) is 20.4 Å². The van der Waals surface area contributed by atoms with Gasteiger partial charge in [0.15, 0.2) is 5.96 Å². The average molecular weight is 544 g/mol. The molecule has 12 nitrogen and oxygen atoms in total. The number of nitrogens with one attached hydrogen (secondary N) is 2. The first-order valence-corrected chi connectivity index (χ1v) is 12.9. The molecule has 204 valence electrons. The Morgan fingerprint density at radius 3 is 2.62 bits per heavy atom. The topological polar surface area (TPSA) is 183 Å². The highest BCUT2D eigenvalue weighted by molar-refractivity contribution is 8.03. The van der Waals surface area contributed by atoms with Gasteiger partial charge in [0.2, 0.25) is 11.8 Å². The standard InChI is InChI=1S/C22H31F2N7O5S/c1-8-14-13(9(2)28-18(32)17(23)24)20(34)31(14)15(21(35)36)16(8)37-11-5-12(27-6-11)19(33)30-4-3-10(7-30)29-22(25)26/h8-14,17,27H,3-7H2,1-2H3,(H,28,32)(H,35,36)(H4,25,26,29)/t8-,9?,10+,11+,12+,13-,14-/m1/s1. The zero-order valence-electron chi connectivity index (χ0n) is 20.4. The highest BCUT2D eigenvalue weighted by Crippen LogP contribution is 2.51. The molecule has 4 aliphatic rings. The number of carbonyl (C=O) groups excluding carboxylic acids is 3. The van der Waals surface area contributed by atoms with Gasteiger partial charge in [-0.2, -0.15) is 8.78 Å². The van der Waals surface area contributed by atoms with Crippen LogP contribution in [0.4, 0.5) is 8.78 Å². The summed E-state index contributed by atoms with van der Waals surface area (Å²) in [6, 6.07) is -2.00. The van der Waals surface area contributed by atoms with Gasteiger partial charge in [0.05, 0.1) is 24.0 Å². The summed E-state index contributed by atoms with van der Waals surface area (Å²) in [7, 11) is 0. The van der Waals surface area contributed by atoms with Gasteiger partial charge in [-0.3, -0.25) is 14.4 Å². The zero-order chi connectivity index (χ0) is 27.2. The van der Waals surface area contributed by atoms with Crippen molar-refractivity contribution in [3.8, 4) is 0 Å². The molecule has 7 N–H and O–H groups in total. The molecule has 0 aromatic rings. The molecule has 0 bridgehead atoms. The highest BCUT2D eigenvalue weighted by atomic mass is 32.2. The van der Waals surface area contributed by atoms with Crippen LogP contribution in [-0.2, 0) is 19.2 Å². The van der Waals surface area contributed by atoms with Gasteiger partial charge in [-0.1, -0.05) is 6.92 Å². The number of rotatable bonds is 8. The Bertz CT molecular complexity index is 1050. The summed E-state index contributed by atoms with van der Waals surface area (Å²) < 4.78 is 25.4. The smallest absolute Gasteiger partial charge is 0.353 e. The van der Waals surface area contributed by atoms with Crippen molar-refractivity contribution in [2.45, 2.75) is 62.5 Å². The number of fused-ring (bicyclic) bond motifs is 1. The fraction of sp³-hybridized carbons (Fsp3) is 0.682. The second-order valence-corrected chi connectivity index (χ2v) is 11.2. The van der Waals surface area contributed by atoms with Gasteiger partial charge in [-0.05, 0) is 19.8 Å². The van der Waals surface area contributed by atoms with E-state index in [-0.39, 0.29) is 34.8 Å². The van der Waals surface area contributed by atoms with E-state index in [1.54, 1.807) is 11.8 Å². The van der Waals surface area contributed by atoms with E-state index in [0.29, 0.717) is 37.4 Å². The van der Waals surface area contributed by atoms with Crippen molar-refractivity contribution in [1.29, 1.82) is 0 Å². The Morgan fingerprint density at radius 2 is 2.00 bits per heavy atom. The Balaban J connectivity index is 1.41. The normalized spacial score (nSPS) is 31.9. The lowest BCUT2D eigenvalue weighted by Crippen LogP contribution is -2.66. The number of carboxylic acids is 1. The molecule has 4 heterocycles. The first kappa shape index (κ1) is 27.1. The second kappa shape index (κ2) is 10.4. The van der Waals surface area contributed by atoms with E-state index in [2.05, 4.69) is 15.6 Å². The third kappa shape index (κ3) is 5.10. The van der Waals surface area contributed by atoms with Crippen LogP contribution in [0.5, 0.6) is 0 Å². The first-order chi connectivity index (χ1) is 17.4. The molecule has 3 amide bonds. The molecule has 4 rings (SSSR count). The summed E-state index contributed by atoms with van der Waals surface area (Å²) in [6.45, 7) is 4.69. The van der Waals surface area contributed by atoms with E-state index >= 15 is 0 Å². The van der Waals surface area contributed by atoms with Crippen molar-refractivity contribution in [3.63, 3.8) is 0 Å². The van der Waals surface area contributed by atoms with Crippen LogP contribution in [-0.4, -0.2) is 100 Å². The number of hydrogen-bond acceptors (Lipinski definition) is 7. The van der Waals surface area contributed by atoms with Gasteiger partial charge in [0.25, 0.3) is 5.91 Å². The fourth-order valence-electron chi connectivity index (χ4n) is 5.71. The molecular formula is C22H31F2N7O5S. The summed E-state index contributed by atoms with van der Waals surface area (Å²) in [4.78, 5) is 57.0. The van der Waals surface area contributed by atoms with Crippen LogP contribution in [0.1, 0.15) is 26.7 Å². The molecule has 0 aromatic heterocycles. The third-order valence-electron chi connectivity index (χ3n) is 7.39. The molecule has 7 atom stereocenters. The van der Waals surface area contributed by atoms with Crippen LogP contribution in [0.25, 0.3) is 0 Å². The number of β-lactam (4-membered cyclic amide) rings is 1. The Morgan fingerprint density at radius 1 is 1.30 bits per heavy atom. The minimum atomic E-state index is -3.21. The molecule has 37 heavy (non-hydrogen) atoms. The summed E-state index contributed by atoms with van der Waals surface area (Å²) in [5.41, 5.74) is 10.8. The summed E-state index contributed by atoms with van der Waals surface area (Å²) in [6.07, 6.45) is -2.07. The maximum absolute atomic E-state index is 13.0. The lowest BCUT2D eigenvalue weighted by molar-refractivity contribution is -0.159. The SMILES string of the molecule is CC(NC(=O)C(F)F)[C@H]1C(=O)N2C(C(=O)O)=C(S[C@@H]3CN[C@H](C(=O)N4CC[C@H](N=C(N)N)C4)C3)[C@H](C)[C@H]12. The summed E-state index contributed by atoms with van der Waals surface area (Å²) in [5, 5.41) is 15.1. The number of carboxylic acid groups (broad SMARTS) is 1. The Hall–Kier alpha value is -2.94. The molecule has 4 aliphatic heterocycles. The van der Waals surface area contributed by atoms with Crippen LogP contribution in [0.2, 0.25) is 0 Å². The van der Waals surface area contributed by atoms with E-state index in [0.717, 1.165) is 0 Å². The first-order valence-electron chi connectivity index (χ1n) is 12.1. The van der Waals surface area contributed by atoms with Crippen molar-refractivity contribution >= 4 is 41.4 Å². The second-order valence-electron chi connectivity index (χ2n) is 9.85. The number of carbonyl (C=O) groups is 4. The summed E-state index contributed by atoms with van der Waals surface area (Å²) >= 11 is 1.32. The van der Waals surface area contributed by atoms with Gasteiger partial charge in [0.1, 0.15) is 5.70 Å². The lowest BCUT2D eigenvalue weighted by atomic mass is 9.78. The number of thioether (sulfide) groups is 1. The number of halogens is 2. The largest absolute Gasteiger partial charge is 0.477 e. The minimum Gasteiger partial charge on any atom is -0.477 e. The molecule has 0 spiro atoms. The lowest BCUT2D eigenvalue weighted by Gasteiger charge is -2.47. The number of hydrogen-bond donors (Lipinski definition) is 5. The van der Waals surface area contributed by atoms with Crippen molar-refractivity contribution in [2.24, 2.45) is 28.3 Å². The quantitative estimate of drug-likeness (QED) is 0.144. The van der Waals surface area contributed by atoms with Crippen molar-refractivity contribution < 1.29 is 33.1 Å². The predicted octanol–water partition coefficient (Wildman–Crippen LogP) is -1.13. The number of aliphatic carboxylic acids is 1. The molecule has 0 aromatic carbocycles. The molecule has 3 fully saturated rings. The van der Waals surface area contributed by atoms with E-state index in [9.17, 15) is 33.1 Å². The number of aliphatic imine (C=N–C) groups is 1. The van der Waals surface area contributed by atoms with Crippen LogP contribution in [0.15, 0.2) is 15.6 Å². The third-order valence-corrected chi connectivity index (χ3v) is 8.90. The molecule has 0 saturated carbocycles. The maximum atomic E-state index is 13.0. The molecule has 15 heteroatoms. The zero-order valence-corrected chi connectivity index (χ0v) is 21.2. The maximum Gasteiger partial charge on any atom is 0.353 e. The average Bonchev–Trinajstić information content (AvgIpc) is 3.52. The molecule has 0 radical (unpaired) electrons. The van der Waals surface area contributed by atoms with Gasteiger partial charge in [-0.15, -0.1) is 11.8 Å². The van der Waals surface area contributed by atoms with Crippen LogP contribution in [0.3, 0.4) is 0 Å². The molecule has 0 aliphatic carbocycles. The fourth-order valence-corrected chi connectivity index (χ4v) is 7.19. The molecular weight excluding hydrogens is 512 g/mol. The van der Waals surface area contributed by atoms with Gasteiger partial charge in [-0.25, -0.2) is 9.79 Å². The molecule has 3 saturated heterocycles. The number of guanidine groups is 1.